The molecule has 0 spiro atoms. The van der Waals surface area contributed by atoms with Gasteiger partial charge in [0.1, 0.15) is 18.2 Å². The number of rotatable bonds is 5. The van der Waals surface area contributed by atoms with E-state index in [1.165, 1.54) is 25.3 Å². The van der Waals surface area contributed by atoms with Crippen molar-refractivity contribution in [3.63, 3.8) is 0 Å². The Morgan fingerprint density at radius 2 is 1.86 bits per heavy atom. The predicted octanol–water partition coefficient (Wildman–Crippen LogP) is 3.57. The van der Waals surface area contributed by atoms with E-state index in [2.05, 4.69) is 0 Å². The minimum Gasteiger partial charge on any atom is -0.497 e. The van der Waals surface area contributed by atoms with Gasteiger partial charge < -0.3 is 15.2 Å². The first-order valence-electron chi connectivity index (χ1n) is 6.51. The molecule has 2 N–H and O–H groups in total. The van der Waals surface area contributed by atoms with Crippen molar-refractivity contribution < 1.29 is 18.3 Å². The minimum absolute atomic E-state index is 0.0645. The zero-order valence-corrected chi connectivity index (χ0v) is 11.9. The summed E-state index contributed by atoms with van der Waals surface area (Å²) in [6.07, 6.45) is 0. The second-order valence-electron chi connectivity index (χ2n) is 4.72. The van der Waals surface area contributed by atoms with E-state index in [0.29, 0.717) is 16.9 Å². The average molecular weight is 293 g/mol. The van der Waals surface area contributed by atoms with E-state index >= 15 is 0 Å². The summed E-state index contributed by atoms with van der Waals surface area (Å²) >= 11 is 0. The van der Waals surface area contributed by atoms with E-state index < -0.39 is 11.6 Å². The van der Waals surface area contributed by atoms with Gasteiger partial charge in [0, 0.05) is 17.7 Å². The molecule has 3 nitrogen and oxygen atoms in total. The Kier molecular flexibility index (Phi) is 4.75. The number of hydrogen-bond donors (Lipinski definition) is 1. The lowest BCUT2D eigenvalue weighted by Crippen LogP contribution is -2.06. The van der Waals surface area contributed by atoms with Crippen molar-refractivity contribution in [2.75, 3.05) is 7.11 Å². The Bertz CT molecular complexity index is 630. The molecule has 0 radical (unpaired) electrons. The van der Waals surface area contributed by atoms with Gasteiger partial charge in [-0.05, 0) is 36.8 Å². The van der Waals surface area contributed by atoms with Crippen LogP contribution in [0.3, 0.4) is 0 Å². The molecule has 1 unspecified atom stereocenters. The van der Waals surface area contributed by atoms with Gasteiger partial charge in [-0.3, -0.25) is 0 Å². The van der Waals surface area contributed by atoms with Crippen LogP contribution in [-0.4, -0.2) is 7.11 Å². The number of methoxy groups -OCH3 is 1. The second-order valence-corrected chi connectivity index (χ2v) is 4.72. The van der Waals surface area contributed by atoms with E-state index in [-0.39, 0.29) is 18.4 Å². The molecule has 21 heavy (non-hydrogen) atoms. The van der Waals surface area contributed by atoms with E-state index in [4.69, 9.17) is 15.2 Å². The largest absolute Gasteiger partial charge is 0.497 e. The van der Waals surface area contributed by atoms with E-state index in [9.17, 15) is 8.78 Å². The molecule has 0 saturated carbocycles. The highest BCUT2D eigenvalue weighted by Crippen LogP contribution is 2.23. The van der Waals surface area contributed by atoms with Crippen LogP contribution in [0.4, 0.5) is 8.78 Å². The van der Waals surface area contributed by atoms with Crippen LogP contribution in [0.1, 0.15) is 24.1 Å². The van der Waals surface area contributed by atoms with Gasteiger partial charge in [-0.2, -0.15) is 0 Å². The standard InChI is InChI=1S/C16H17F2NO2/c1-10(19)11-4-6-16(15(18)7-11)21-9-12-3-5-13(20-2)8-14(12)17/h3-8,10H,9,19H2,1-2H3. The smallest absolute Gasteiger partial charge is 0.165 e. The molecule has 0 fully saturated rings. The molecule has 2 aromatic carbocycles. The lowest BCUT2D eigenvalue weighted by atomic mass is 10.1. The number of halogens is 2. The third-order valence-corrected chi connectivity index (χ3v) is 3.13. The van der Waals surface area contributed by atoms with E-state index in [0.717, 1.165) is 0 Å². The van der Waals surface area contributed by atoms with Gasteiger partial charge in [-0.1, -0.05) is 6.07 Å². The van der Waals surface area contributed by atoms with Crippen molar-refractivity contribution in [1.29, 1.82) is 0 Å². The Balaban J connectivity index is 2.09. The fraction of sp³-hybridized carbons (Fsp3) is 0.250. The molecule has 0 saturated heterocycles. The summed E-state index contributed by atoms with van der Waals surface area (Å²) in [7, 11) is 1.46. The maximum Gasteiger partial charge on any atom is 0.165 e. The van der Waals surface area contributed by atoms with Crippen molar-refractivity contribution in [3.05, 3.63) is 59.2 Å². The summed E-state index contributed by atoms with van der Waals surface area (Å²) < 4.78 is 37.8. The van der Waals surface area contributed by atoms with Crippen molar-refractivity contribution >= 4 is 0 Å². The summed E-state index contributed by atoms with van der Waals surface area (Å²) in [6, 6.07) is 8.67. The average Bonchev–Trinajstić information content (AvgIpc) is 2.46. The first kappa shape index (κ1) is 15.3. The fourth-order valence-corrected chi connectivity index (χ4v) is 1.84. The Morgan fingerprint density at radius 3 is 2.43 bits per heavy atom. The van der Waals surface area contributed by atoms with Gasteiger partial charge in [0.05, 0.1) is 7.11 Å². The summed E-state index contributed by atoms with van der Waals surface area (Å²) in [6.45, 7) is 1.70. The van der Waals surface area contributed by atoms with Crippen molar-refractivity contribution in [2.24, 2.45) is 5.73 Å². The Labute approximate surface area is 122 Å². The SMILES string of the molecule is COc1ccc(COc2ccc(C(C)N)cc2F)c(F)c1. The Morgan fingerprint density at radius 1 is 1.10 bits per heavy atom. The van der Waals surface area contributed by atoms with Crippen LogP contribution in [0.5, 0.6) is 11.5 Å². The first-order chi connectivity index (χ1) is 10.0. The molecule has 0 amide bonds. The van der Waals surface area contributed by atoms with Crippen LogP contribution in [0.25, 0.3) is 0 Å². The van der Waals surface area contributed by atoms with Crippen LogP contribution in [0, 0.1) is 11.6 Å². The Hall–Kier alpha value is -2.14. The van der Waals surface area contributed by atoms with Crippen molar-refractivity contribution in [2.45, 2.75) is 19.6 Å². The monoisotopic (exact) mass is 293 g/mol. The maximum atomic E-state index is 13.8. The summed E-state index contributed by atoms with van der Waals surface area (Å²) in [5.74, 6) is -0.487. The number of nitrogens with two attached hydrogens (primary N) is 1. The molecule has 2 aromatic rings. The molecule has 0 heterocycles. The van der Waals surface area contributed by atoms with Crippen molar-refractivity contribution in [1.82, 2.24) is 0 Å². The predicted molar refractivity (Wildman–Crippen MR) is 76.3 cm³/mol. The summed E-state index contributed by atoms with van der Waals surface area (Å²) in [5, 5.41) is 0. The molecule has 0 aromatic heterocycles. The lowest BCUT2D eigenvalue weighted by Gasteiger charge is -2.11. The summed E-state index contributed by atoms with van der Waals surface area (Å²) in [5.41, 5.74) is 6.68. The van der Waals surface area contributed by atoms with Crippen LogP contribution in [0.15, 0.2) is 36.4 Å². The molecule has 0 aliphatic heterocycles. The van der Waals surface area contributed by atoms with Gasteiger partial charge in [0.15, 0.2) is 11.6 Å². The van der Waals surface area contributed by atoms with Gasteiger partial charge in [-0.15, -0.1) is 0 Å². The highest BCUT2D eigenvalue weighted by molar-refractivity contribution is 5.32. The third kappa shape index (κ3) is 3.70. The first-order valence-corrected chi connectivity index (χ1v) is 6.51. The van der Waals surface area contributed by atoms with Crippen LogP contribution >= 0.6 is 0 Å². The minimum atomic E-state index is -0.515. The quantitative estimate of drug-likeness (QED) is 0.916. The zero-order chi connectivity index (χ0) is 15.4. The van der Waals surface area contributed by atoms with Gasteiger partial charge in [0.2, 0.25) is 0 Å². The molecule has 0 aliphatic carbocycles. The molecule has 5 heteroatoms. The van der Waals surface area contributed by atoms with E-state index in [1.807, 2.05) is 0 Å². The normalized spacial score (nSPS) is 12.0. The van der Waals surface area contributed by atoms with Crippen LogP contribution in [-0.2, 0) is 6.61 Å². The van der Waals surface area contributed by atoms with Gasteiger partial charge >= 0.3 is 0 Å². The highest BCUT2D eigenvalue weighted by atomic mass is 19.1. The molecular formula is C16H17F2NO2. The molecular weight excluding hydrogens is 276 g/mol. The van der Waals surface area contributed by atoms with Crippen LogP contribution < -0.4 is 15.2 Å². The lowest BCUT2D eigenvalue weighted by molar-refractivity contribution is 0.284. The third-order valence-electron chi connectivity index (χ3n) is 3.13. The molecule has 0 aliphatic rings. The van der Waals surface area contributed by atoms with Crippen LogP contribution in [0.2, 0.25) is 0 Å². The number of benzene rings is 2. The van der Waals surface area contributed by atoms with Gasteiger partial charge in [0.25, 0.3) is 0 Å². The van der Waals surface area contributed by atoms with Crippen molar-refractivity contribution in [3.8, 4) is 11.5 Å². The molecule has 0 bridgehead atoms. The fourth-order valence-electron chi connectivity index (χ4n) is 1.84. The molecule has 112 valence electrons. The number of ether oxygens (including phenoxy) is 2. The zero-order valence-electron chi connectivity index (χ0n) is 11.9. The maximum absolute atomic E-state index is 13.8. The van der Waals surface area contributed by atoms with E-state index in [1.54, 1.807) is 25.1 Å². The molecule has 1 atom stereocenters. The summed E-state index contributed by atoms with van der Waals surface area (Å²) in [4.78, 5) is 0. The van der Waals surface area contributed by atoms with Gasteiger partial charge in [-0.25, -0.2) is 8.78 Å². The topological polar surface area (TPSA) is 44.5 Å². The number of hydrogen-bond acceptors (Lipinski definition) is 3. The highest BCUT2D eigenvalue weighted by Gasteiger charge is 2.09. The second kappa shape index (κ2) is 6.54. The molecule has 2 rings (SSSR count).